The first-order valence-electron chi connectivity index (χ1n) is 7.33. The molecule has 0 aliphatic heterocycles. The number of benzene rings is 2. The van der Waals surface area contributed by atoms with Crippen LogP contribution in [0.25, 0.3) is 10.9 Å². The van der Waals surface area contributed by atoms with Gasteiger partial charge in [-0.15, -0.1) is 0 Å². The van der Waals surface area contributed by atoms with Crippen LogP contribution in [0.3, 0.4) is 0 Å². The van der Waals surface area contributed by atoms with Gasteiger partial charge in [0.05, 0.1) is 4.90 Å². The monoisotopic (exact) mass is 343 g/mol. The molecule has 0 spiro atoms. The van der Waals surface area contributed by atoms with Crippen molar-refractivity contribution < 1.29 is 13.2 Å². The highest BCUT2D eigenvalue weighted by atomic mass is 32.2. The number of carbonyl (C=O) groups excluding carboxylic acids is 1. The van der Waals surface area contributed by atoms with Gasteiger partial charge in [-0.05, 0) is 42.0 Å². The fourth-order valence-corrected chi connectivity index (χ4v) is 2.97. The first-order chi connectivity index (χ1) is 11.4. The van der Waals surface area contributed by atoms with Crippen molar-refractivity contribution in [1.82, 2.24) is 10.3 Å². The molecule has 7 heteroatoms. The number of aromatic nitrogens is 1. The summed E-state index contributed by atoms with van der Waals surface area (Å²) in [5.41, 5.74) is 2.53. The van der Waals surface area contributed by atoms with E-state index in [4.69, 9.17) is 0 Å². The van der Waals surface area contributed by atoms with Gasteiger partial charge in [0.2, 0.25) is 0 Å². The summed E-state index contributed by atoms with van der Waals surface area (Å²) < 4.78 is 22.8. The molecule has 0 unspecified atom stereocenters. The van der Waals surface area contributed by atoms with Crippen LogP contribution in [-0.4, -0.2) is 25.7 Å². The minimum Gasteiger partial charge on any atom is -0.361 e. The Morgan fingerprint density at radius 3 is 2.54 bits per heavy atom. The summed E-state index contributed by atoms with van der Waals surface area (Å²) in [7, 11) is -3.21. The highest BCUT2D eigenvalue weighted by Gasteiger charge is 2.07. The van der Waals surface area contributed by atoms with Gasteiger partial charge in [-0.3, -0.25) is 0 Å². The molecular weight excluding hydrogens is 326 g/mol. The first-order valence-corrected chi connectivity index (χ1v) is 9.22. The zero-order chi connectivity index (χ0) is 17.2. The van der Waals surface area contributed by atoms with Crippen molar-refractivity contribution in [2.45, 2.75) is 11.4 Å². The van der Waals surface area contributed by atoms with Gasteiger partial charge in [-0.1, -0.05) is 12.1 Å². The summed E-state index contributed by atoms with van der Waals surface area (Å²) in [5.74, 6) is 0. The number of urea groups is 1. The Morgan fingerprint density at radius 1 is 1.08 bits per heavy atom. The molecule has 0 bridgehead atoms. The lowest BCUT2D eigenvalue weighted by atomic mass is 10.2. The topological polar surface area (TPSA) is 91.1 Å². The van der Waals surface area contributed by atoms with Crippen molar-refractivity contribution in [3.8, 4) is 0 Å². The Morgan fingerprint density at radius 2 is 1.83 bits per heavy atom. The van der Waals surface area contributed by atoms with E-state index in [1.807, 2.05) is 30.5 Å². The van der Waals surface area contributed by atoms with E-state index < -0.39 is 9.84 Å². The second-order valence-corrected chi connectivity index (χ2v) is 7.52. The van der Waals surface area contributed by atoms with Crippen molar-refractivity contribution in [3.05, 3.63) is 60.3 Å². The van der Waals surface area contributed by atoms with E-state index in [-0.39, 0.29) is 10.9 Å². The lowest BCUT2D eigenvalue weighted by molar-refractivity contribution is 0.251. The maximum atomic E-state index is 12.0. The SMILES string of the molecule is CS(=O)(=O)c1ccc(CNC(=O)Nc2ccc3[nH]ccc3c2)cc1. The van der Waals surface area contributed by atoms with Crippen molar-refractivity contribution in [2.24, 2.45) is 0 Å². The van der Waals surface area contributed by atoms with Crippen LogP contribution in [0.1, 0.15) is 5.56 Å². The maximum Gasteiger partial charge on any atom is 0.319 e. The smallest absolute Gasteiger partial charge is 0.319 e. The zero-order valence-corrected chi connectivity index (χ0v) is 13.9. The fourth-order valence-electron chi connectivity index (χ4n) is 2.34. The number of hydrogen-bond donors (Lipinski definition) is 3. The third-order valence-corrected chi connectivity index (χ3v) is 4.74. The number of fused-ring (bicyclic) bond motifs is 1. The number of carbonyl (C=O) groups is 1. The van der Waals surface area contributed by atoms with E-state index in [1.165, 1.54) is 12.1 Å². The number of hydrogen-bond acceptors (Lipinski definition) is 3. The molecule has 124 valence electrons. The van der Waals surface area contributed by atoms with Gasteiger partial charge in [0.15, 0.2) is 9.84 Å². The third kappa shape index (κ3) is 3.75. The molecule has 0 radical (unpaired) electrons. The van der Waals surface area contributed by atoms with Crippen molar-refractivity contribution in [2.75, 3.05) is 11.6 Å². The standard InChI is InChI=1S/C17H17N3O3S/c1-24(22,23)15-5-2-12(3-6-15)11-19-17(21)20-14-4-7-16-13(10-14)8-9-18-16/h2-10,18H,11H2,1H3,(H2,19,20,21). The van der Waals surface area contributed by atoms with Gasteiger partial charge in [-0.25, -0.2) is 13.2 Å². The molecule has 2 aromatic carbocycles. The highest BCUT2D eigenvalue weighted by Crippen LogP contribution is 2.17. The predicted octanol–water partition coefficient (Wildman–Crippen LogP) is 2.89. The fraction of sp³-hybridized carbons (Fsp3) is 0.118. The average molecular weight is 343 g/mol. The van der Waals surface area contributed by atoms with Crippen LogP contribution < -0.4 is 10.6 Å². The molecule has 24 heavy (non-hydrogen) atoms. The van der Waals surface area contributed by atoms with Gasteiger partial charge >= 0.3 is 6.03 Å². The molecular formula is C17H17N3O3S. The largest absolute Gasteiger partial charge is 0.361 e. The van der Waals surface area contributed by atoms with E-state index in [0.717, 1.165) is 22.7 Å². The minimum absolute atomic E-state index is 0.260. The Labute approximate surface area is 139 Å². The van der Waals surface area contributed by atoms with Crippen LogP contribution >= 0.6 is 0 Å². The van der Waals surface area contributed by atoms with E-state index in [1.54, 1.807) is 12.1 Å². The van der Waals surface area contributed by atoms with Crippen LogP contribution in [-0.2, 0) is 16.4 Å². The van der Waals surface area contributed by atoms with Crippen molar-refractivity contribution in [3.63, 3.8) is 0 Å². The third-order valence-electron chi connectivity index (χ3n) is 3.62. The molecule has 3 aromatic rings. The lowest BCUT2D eigenvalue weighted by Gasteiger charge is -2.08. The molecule has 3 rings (SSSR count). The second kappa shape index (κ2) is 6.37. The minimum atomic E-state index is -3.21. The van der Waals surface area contributed by atoms with Crippen molar-refractivity contribution in [1.29, 1.82) is 0 Å². The predicted molar refractivity (Wildman–Crippen MR) is 93.7 cm³/mol. The van der Waals surface area contributed by atoms with Crippen LogP contribution in [0.15, 0.2) is 59.6 Å². The molecule has 0 aliphatic carbocycles. The molecule has 3 N–H and O–H groups in total. The zero-order valence-electron chi connectivity index (χ0n) is 13.0. The van der Waals surface area contributed by atoms with Gasteiger partial charge < -0.3 is 15.6 Å². The second-order valence-electron chi connectivity index (χ2n) is 5.50. The number of sulfone groups is 1. The molecule has 0 fully saturated rings. The molecule has 2 amide bonds. The van der Waals surface area contributed by atoms with Crippen LogP contribution in [0, 0.1) is 0 Å². The molecule has 0 atom stereocenters. The Balaban J connectivity index is 1.59. The number of nitrogens with one attached hydrogen (secondary N) is 3. The van der Waals surface area contributed by atoms with E-state index in [9.17, 15) is 13.2 Å². The number of anilines is 1. The quantitative estimate of drug-likeness (QED) is 0.680. The summed E-state index contributed by atoms with van der Waals surface area (Å²) in [6.07, 6.45) is 3.00. The Hall–Kier alpha value is -2.80. The Kier molecular flexibility index (Phi) is 4.26. The molecule has 6 nitrogen and oxygen atoms in total. The number of amides is 2. The molecule has 1 aromatic heterocycles. The molecule has 0 aliphatic rings. The molecule has 0 saturated carbocycles. The van der Waals surface area contributed by atoms with Crippen LogP contribution in [0.5, 0.6) is 0 Å². The first kappa shape index (κ1) is 16.1. The summed E-state index contributed by atoms with van der Waals surface area (Å²) in [4.78, 5) is 15.3. The number of rotatable bonds is 4. The van der Waals surface area contributed by atoms with E-state index in [0.29, 0.717) is 12.2 Å². The van der Waals surface area contributed by atoms with Gasteiger partial charge in [0.25, 0.3) is 0 Å². The molecule has 1 heterocycles. The number of aromatic amines is 1. The normalized spacial score (nSPS) is 11.4. The van der Waals surface area contributed by atoms with E-state index in [2.05, 4.69) is 15.6 Å². The summed E-state index contributed by atoms with van der Waals surface area (Å²) in [6.45, 7) is 0.308. The maximum absolute atomic E-state index is 12.0. The Bertz CT molecular complexity index is 976. The summed E-state index contributed by atoms with van der Waals surface area (Å²) >= 11 is 0. The van der Waals surface area contributed by atoms with E-state index >= 15 is 0 Å². The van der Waals surface area contributed by atoms with Gasteiger partial charge in [-0.2, -0.15) is 0 Å². The average Bonchev–Trinajstić information content (AvgIpc) is 3.00. The highest BCUT2D eigenvalue weighted by molar-refractivity contribution is 7.90. The lowest BCUT2D eigenvalue weighted by Crippen LogP contribution is -2.28. The van der Waals surface area contributed by atoms with Gasteiger partial charge in [0, 0.05) is 35.6 Å². The van der Waals surface area contributed by atoms with Crippen molar-refractivity contribution >= 4 is 32.5 Å². The van der Waals surface area contributed by atoms with Gasteiger partial charge in [0.1, 0.15) is 0 Å². The number of H-pyrrole nitrogens is 1. The summed E-state index contributed by atoms with van der Waals surface area (Å²) in [6, 6.07) is 13.6. The van der Waals surface area contributed by atoms with Crippen LogP contribution in [0.2, 0.25) is 0 Å². The molecule has 0 saturated heterocycles. The van der Waals surface area contributed by atoms with Crippen LogP contribution in [0.4, 0.5) is 10.5 Å². The summed E-state index contributed by atoms with van der Waals surface area (Å²) in [5, 5.41) is 6.53.